The van der Waals surface area contributed by atoms with E-state index in [0.717, 1.165) is 6.42 Å². The van der Waals surface area contributed by atoms with E-state index in [-0.39, 0.29) is 11.0 Å². The number of hydrogen-bond donors (Lipinski definition) is 1. The van der Waals surface area contributed by atoms with Crippen LogP contribution in [0.5, 0.6) is 0 Å². The van der Waals surface area contributed by atoms with Crippen molar-refractivity contribution in [1.29, 1.82) is 0 Å². The maximum absolute atomic E-state index is 9.86. The van der Waals surface area contributed by atoms with E-state index in [0.29, 0.717) is 6.61 Å². The molecule has 0 aliphatic heterocycles. The minimum absolute atomic E-state index is 0.199. The number of aliphatic hydroxyl groups is 1. The summed E-state index contributed by atoms with van der Waals surface area (Å²) in [6, 6.07) is 0. The Kier molecular flexibility index (Phi) is 5.06. The van der Waals surface area contributed by atoms with Crippen LogP contribution in [0.1, 0.15) is 34.1 Å². The summed E-state index contributed by atoms with van der Waals surface area (Å²) in [4.78, 5) is 0. The number of rotatable bonds is 6. The van der Waals surface area contributed by atoms with Gasteiger partial charge in [-0.25, -0.2) is 0 Å². The third kappa shape index (κ3) is 4.40. The van der Waals surface area contributed by atoms with Gasteiger partial charge in [0.05, 0.1) is 18.3 Å². The molecule has 1 atom stereocenters. The number of ether oxygens (including phenoxy) is 2. The second-order valence-electron chi connectivity index (χ2n) is 5.10. The van der Waals surface area contributed by atoms with E-state index < -0.39 is 6.10 Å². The summed E-state index contributed by atoms with van der Waals surface area (Å²) in [5.41, 5.74) is -0.409. The molecule has 0 radical (unpaired) electrons. The van der Waals surface area contributed by atoms with E-state index in [4.69, 9.17) is 9.47 Å². The number of hydrogen-bond acceptors (Lipinski definition) is 3. The van der Waals surface area contributed by atoms with E-state index in [1.54, 1.807) is 14.2 Å². The largest absolute Gasteiger partial charge is 0.390 e. The third-order valence-electron chi connectivity index (χ3n) is 2.66. The molecule has 3 nitrogen and oxygen atoms in total. The van der Waals surface area contributed by atoms with Crippen LogP contribution >= 0.6 is 0 Å². The fraction of sp³-hybridized carbons (Fsp3) is 1.00. The van der Waals surface area contributed by atoms with Gasteiger partial charge >= 0.3 is 0 Å². The molecule has 0 aliphatic rings. The van der Waals surface area contributed by atoms with Crippen LogP contribution in [0.25, 0.3) is 0 Å². The van der Waals surface area contributed by atoms with Crippen LogP contribution in [0, 0.1) is 5.41 Å². The van der Waals surface area contributed by atoms with Crippen LogP contribution in [-0.2, 0) is 9.47 Å². The molecule has 0 rings (SSSR count). The maximum Gasteiger partial charge on any atom is 0.0825 e. The Bertz CT molecular complexity index is 164. The number of methoxy groups -OCH3 is 2. The Hall–Kier alpha value is -0.120. The lowest BCUT2D eigenvalue weighted by molar-refractivity contribution is -0.0700. The van der Waals surface area contributed by atoms with Gasteiger partial charge in [0.15, 0.2) is 0 Å². The molecule has 3 heteroatoms. The van der Waals surface area contributed by atoms with Crippen molar-refractivity contribution < 1.29 is 14.6 Å². The van der Waals surface area contributed by atoms with Gasteiger partial charge in [-0.2, -0.15) is 0 Å². The van der Waals surface area contributed by atoms with Crippen LogP contribution in [0.2, 0.25) is 0 Å². The van der Waals surface area contributed by atoms with Crippen molar-refractivity contribution in [3.05, 3.63) is 0 Å². The smallest absolute Gasteiger partial charge is 0.0825 e. The van der Waals surface area contributed by atoms with Gasteiger partial charge in [-0.3, -0.25) is 0 Å². The first-order chi connectivity index (χ1) is 6.25. The lowest BCUT2D eigenvalue weighted by Crippen LogP contribution is -2.40. The predicted octanol–water partition coefficient (Wildman–Crippen LogP) is 1.83. The van der Waals surface area contributed by atoms with Crippen molar-refractivity contribution in [2.24, 2.45) is 5.41 Å². The molecule has 0 saturated carbocycles. The van der Waals surface area contributed by atoms with E-state index in [9.17, 15) is 5.11 Å². The summed E-state index contributed by atoms with van der Waals surface area (Å²) in [5.74, 6) is 0. The van der Waals surface area contributed by atoms with Crippen LogP contribution in [-0.4, -0.2) is 37.6 Å². The van der Waals surface area contributed by atoms with E-state index >= 15 is 0 Å². The highest BCUT2D eigenvalue weighted by molar-refractivity contribution is 4.85. The molecule has 86 valence electrons. The summed E-state index contributed by atoms with van der Waals surface area (Å²) in [6.07, 6.45) is 0.336. The van der Waals surface area contributed by atoms with Gasteiger partial charge in [0.25, 0.3) is 0 Å². The van der Waals surface area contributed by atoms with Gasteiger partial charge in [0.2, 0.25) is 0 Å². The van der Waals surface area contributed by atoms with Crippen molar-refractivity contribution in [2.75, 3.05) is 20.8 Å². The summed E-state index contributed by atoms with van der Waals surface area (Å²) in [6.45, 7) is 8.46. The zero-order chi connectivity index (χ0) is 11.4. The standard InChI is InChI=1S/C11H24O3/c1-10(2,9(12)7-13-5)8-11(3,4)14-6/h9,12H,7-8H2,1-6H3. The monoisotopic (exact) mass is 204 g/mol. The fourth-order valence-corrected chi connectivity index (χ4v) is 1.67. The van der Waals surface area contributed by atoms with Crippen molar-refractivity contribution in [3.63, 3.8) is 0 Å². The first-order valence-electron chi connectivity index (χ1n) is 4.97. The van der Waals surface area contributed by atoms with E-state index in [1.165, 1.54) is 0 Å². The molecule has 0 saturated heterocycles. The van der Waals surface area contributed by atoms with Gasteiger partial charge in [-0.05, 0) is 25.7 Å². The average Bonchev–Trinajstić information content (AvgIpc) is 2.03. The Balaban J connectivity index is 4.31. The van der Waals surface area contributed by atoms with Crippen LogP contribution in [0.4, 0.5) is 0 Å². The Morgan fingerprint density at radius 3 is 2.00 bits per heavy atom. The molecule has 0 aliphatic carbocycles. The van der Waals surface area contributed by atoms with Crippen molar-refractivity contribution in [3.8, 4) is 0 Å². The SMILES string of the molecule is COCC(O)C(C)(C)CC(C)(C)OC. The zero-order valence-electron chi connectivity index (χ0n) is 10.3. The molecular formula is C11H24O3. The summed E-state index contributed by atoms with van der Waals surface area (Å²) < 4.78 is 10.3. The third-order valence-corrected chi connectivity index (χ3v) is 2.66. The molecule has 0 aromatic rings. The molecule has 0 amide bonds. The van der Waals surface area contributed by atoms with Crippen LogP contribution < -0.4 is 0 Å². The molecule has 1 N–H and O–H groups in total. The van der Waals surface area contributed by atoms with Crippen molar-refractivity contribution in [2.45, 2.75) is 45.8 Å². The molecular weight excluding hydrogens is 180 g/mol. The highest BCUT2D eigenvalue weighted by Crippen LogP contribution is 2.33. The average molecular weight is 204 g/mol. The molecule has 0 aromatic carbocycles. The van der Waals surface area contributed by atoms with Crippen LogP contribution in [0.3, 0.4) is 0 Å². The summed E-state index contributed by atoms with van der Waals surface area (Å²) in [5, 5.41) is 9.86. The fourth-order valence-electron chi connectivity index (χ4n) is 1.67. The molecule has 14 heavy (non-hydrogen) atoms. The highest BCUT2D eigenvalue weighted by atomic mass is 16.5. The Labute approximate surface area is 87.4 Å². The van der Waals surface area contributed by atoms with Gasteiger partial charge in [-0.1, -0.05) is 13.8 Å². The van der Waals surface area contributed by atoms with Gasteiger partial charge in [0.1, 0.15) is 0 Å². The second kappa shape index (κ2) is 5.10. The van der Waals surface area contributed by atoms with Crippen molar-refractivity contribution in [1.82, 2.24) is 0 Å². The summed E-state index contributed by atoms with van der Waals surface area (Å²) >= 11 is 0. The van der Waals surface area contributed by atoms with Gasteiger partial charge in [-0.15, -0.1) is 0 Å². The number of aliphatic hydroxyl groups excluding tert-OH is 1. The molecule has 0 heterocycles. The first kappa shape index (κ1) is 13.9. The second-order valence-corrected chi connectivity index (χ2v) is 5.10. The molecule has 1 unspecified atom stereocenters. The highest BCUT2D eigenvalue weighted by Gasteiger charge is 2.34. The maximum atomic E-state index is 9.86. The lowest BCUT2D eigenvalue weighted by atomic mass is 9.77. The summed E-state index contributed by atoms with van der Waals surface area (Å²) in [7, 11) is 3.29. The Morgan fingerprint density at radius 2 is 1.64 bits per heavy atom. The van der Waals surface area contributed by atoms with E-state index in [1.807, 2.05) is 27.7 Å². The topological polar surface area (TPSA) is 38.7 Å². The molecule has 0 fully saturated rings. The van der Waals surface area contributed by atoms with Gasteiger partial charge < -0.3 is 14.6 Å². The van der Waals surface area contributed by atoms with Crippen molar-refractivity contribution >= 4 is 0 Å². The molecule has 0 spiro atoms. The van der Waals surface area contributed by atoms with Gasteiger partial charge in [0, 0.05) is 14.2 Å². The molecule has 0 bridgehead atoms. The lowest BCUT2D eigenvalue weighted by Gasteiger charge is -2.37. The van der Waals surface area contributed by atoms with Crippen LogP contribution in [0.15, 0.2) is 0 Å². The molecule has 0 aromatic heterocycles. The first-order valence-corrected chi connectivity index (χ1v) is 4.97. The zero-order valence-corrected chi connectivity index (χ0v) is 10.3. The van der Waals surface area contributed by atoms with E-state index in [2.05, 4.69) is 0 Å². The predicted molar refractivity (Wildman–Crippen MR) is 57.4 cm³/mol. The minimum Gasteiger partial charge on any atom is -0.390 e. The minimum atomic E-state index is -0.457. The quantitative estimate of drug-likeness (QED) is 0.717. The Morgan fingerprint density at radius 1 is 1.14 bits per heavy atom. The normalized spacial score (nSPS) is 15.6.